The average molecular weight is 339 g/mol. The molecule has 1 N–H and O–H groups in total. The normalized spacial score (nSPS) is 19.0. The van der Waals surface area contributed by atoms with Gasteiger partial charge in [0.25, 0.3) is 0 Å². The molecular weight excluding hydrogens is 310 g/mol. The summed E-state index contributed by atoms with van der Waals surface area (Å²) < 4.78 is 0. The van der Waals surface area contributed by atoms with Crippen LogP contribution in [0.1, 0.15) is 47.5 Å². The summed E-state index contributed by atoms with van der Waals surface area (Å²) in [5.74, 6) is 0.770. The molecule has 0 fully saturated rings. The molecule has 0 saturated carbocycles. The SMILES string of the molecule is CC(C)(C)CC(C)(C)C1C=C(Cn2nc3ccccc3n2)C(O)=CC1. The van der Waals surface area contributed by atoms with E-state index in [1.54, 1.807) is 4.80 Å². The molecule has 0 radical (unpaired) electrons. The number of rotatable bonds is 4. The van der Waals surface area contributed by atoms with Gasteiger partial charge in [-0.05, 0) is 47.8 Å². The maximum atomic E-state index is 10.3. The molecule has 25 heavy (non-hydrogen) atoms. The van der Waals surface area contributed by atoms with E-state index in [0.717, 1.165) is 29.4 Å². The van der Waals surface area contributed by atoms with Crippen molar-refractivity contribution in [1.29, 1.82) is 0 Å². The molecule has 1 aliphatic rings. The standard InChI is InChI=1S/C21H29N3O/c1-20(2,3)14-21(4,5)16-10-11-19(25)15(12-16)13-24-22-17-8-6-7-9-18(17)23-24/h6-9,11-12,16,25H,10,13-14H2,1-5H3. The van der Waals surface area contributed by atoms with Crippen molar-refractivity contribution in [2.75, 3.05) is 0 Å². The first-order valence-corrected chi connectivity index (χ1v) is 9.04. The van der Waals surface area contributed by atoms with Crippen molar-refractivity contribution in [3.63, 3.8) is 0 Å². The molecular formula is C21H29N3O. The lowest BCUT2D eigenvalue weighted by Gasteiger charge is -2.39. The Hall–Kier alpha value is -2.10. The Balaban J connectivity index is 1.83. The molecule has 0 saturated heterocycles. The lowest BCUT2D eigenvalue weighted by atomic mass is 9.66. The highest BCUT2D eigenvalue weighted by Crippen LogP contribution is 2.43. The van der Waals surface area contributed by atoms with Crippen molar-refractivity contribution in [2.45, 2.75) is 54.0 Å². The number of hydrogen-bond acceptors (Lipinski definition) is 3. The first-order valence-electron chi connectivity index (χ1n) is 9.04. The van der Waals surface area contributed by atoms with E-state index in [0.29, 0.717) is 18.2 Å². The average Bonchev–Trinajstić information content (AvgIpc) is 2.89. The summed E-state index contributed by atoms with van der Waals surface area (Å²) in [5.41, 5.74) is 3.13. The fourth-order valence-corrected chi connectivity index (χ4v) is 4.07. The minimum Gasteiger partial charge on any atom is -0.508 e. The van der Waals surface area contributed by atoms with Gasteiger partial charge in [0.2, 0.25) is 0 Å². The van der Waals surface area contributed by atoms with Crippen LogP contribution in [0.5, 0.6) is 0 Å². The third-order valence-corrected chi connectivity index (χ3v) is 4.93. The number of aliphatic hydroxyl groups is 1. The van der Waals surface area contributed by atoms with Crippen molar-refractivity contribution < 1.29 is 5.11 Å². The van der Waals surface area contributed by atoms with E-state index in [1.807, 2.05) is 30.3 Å². The number of hydrogen-bond donors (Lipinski definition) is 1. The molecule has 0 spiro atoms. The summed E-state index contributed by atoms with van der Waals surface area (Å²) in [6.45, 7) is 12.0. The summed E-state index contributed by atoms with van der Waals surface area (Å²) >= 11 is 0. The second kappa shape index (κ2) is 6.32. The van der Waals surface area contributed by atoms with E-state index in [-0.39, 0.29) is 10.8 Å². The Morgan fingerprint density at radius 3 is 2.24 bits per heavy atom. The van der Waals surface area contributed by atoms with E-state index in [1.165, 1.54) is 0 Å². The quantitative estimate of drug-likeness (QED) is 0.824. The molecule has 3 rings (SSSR count). The Kier molecular flexibility index (Phi) is 4.48. The van der Waals surface area contributed by atoms with Gasteiger partial charge in [-0.1, -0.05) is 52.8 Å². The summed E-state index contributed by atoms with van der Waals surface area (Å²) in [4.78, 5) is 1.68. The molecule has 0 amide bonds. The van der Waals surface area contributed by atoms with Gasteiger partial charge < -0.3 is 5.11 Å². The van der Waals surface area contributed by atoms with Crippen molar-refractivity contribution in [2.24, 2.45) is 16.7 Å². The van der Waals surface area contributed by atoms with Gasteiger partial charge in [-0.15, -0.1) is 0 Å². The van der Waals surface area contributed by atoms with Crippen molar-refractivity contribution in [1.82, 2.24) is 15.0 Å². The molecule has 2 aromatic rings. The van der Waals surface area contributed by atoms with Gasteiger partial charge in [0.15, 0.2) is 0 Å². The van der Waals surface area contributed by atoms with Crippen LogP contribution < -0.4 is 0 Å². The van der Waals surface area contributed by atoms with Crippen LogP contribution in [0.4, 0.5) is 0 Å². The minimum absolute atomic E-state index is 0.170. The van der Waals surface area contributed by atoms with Crippen molar-refractivity contribution in [3.05, 3.63) is 47.7 Å². The van der Waals surface area contributed by atoms with Gasteiger partial charge in [0.05, 0.1) is 6.54 Å². The molecule has 134 valence electrons. The number of nitrogens with zero attached hydrogens (tertiary/aromatic N) is 3. The van der Waals surface area contributed by atoms with E-state index in [4.69, 9.17) is 0 Å². The Labute approximate surface area is 150 Å². The fourth-order valence-electron chi connectivity index (χ4n) is 4.07. The van der Waals surface area contributed by atoms with Crippen LogP contribution in [0, 0.1) is 16.7 Å². The highest BCUT2D eigenvalue weighted by molar-refractivity contribution is 5.72. The van der Waals surface area contributed by atoms with Gasteiger partial charge in [0, 0.05) is 5.57 Å². The molecule has 1 unspecified atom stereocenters. The number of fused-ring (bicyclic) bond motifs is 1. The number of allylic oxidation sites excluding steroid dienone is 3. The number of aromatic nitrogens is 3. The Morgan fingerprint density at radius 1 is 1.08 bits per heavy atom. The van der Waals surface area contributed by atoms with Crippen LogP contribution in [0.15, 0.2) is 47.7 Å². The van der Waals surface area contributed by atoms with Crippen LogP contribution in [0.2, 0.25) is 0 Å². The third-order valence-electron chi connectivity index (χ3n) is 4.93. The molecule has 1 aliphatic carbocycles. The first-order chi connectivity index (χ1) is 11.6. The lowest BCUT2D eigenvalue weighted by molar-refractivity contribution is 0.155. The van der Waals surface area contributed by atoms with Gasteiger partial charge in [-0.2, -0.15) is 15.0 Å². The second-order valence-electron chi connectivity index (χ2n) is 9.07. The summed E-state index contributed by atoms with van der Waals surface area (Å²) in [5, 5.41) is 19.4. The number of aliphatic hydroxyl groups excluding tert-OH is 1. The molecule has 1 aromatic carbocycles. The maximum Gasteiger partial charge on any atom is 0.116 e. The van der Waals surface area contributed by atoms with Crippen LogP contribution in [0.25, 0.3) is 11.0 Å². The zero-order chi connectivity index (χ0) is 18.2. The molecule has 1 atom stereocenters. The highest BCUT2D eigenvalue weighted by atomic mass is 16.3. The first kappa shape index (κ1) is 17.7. The predicted octanol–water partition coefficient (Wildman–Crippen LogP) is 5.28. The molecule has 0 bridgehead atoms. The van der Waals surface area contributed by atoms with Gasteiger partial charge in [0.1, 0.15) is 16.8 Å². The summed E-state index contributed by atoms with van der Waals surface area (Å²) in [6, 6.07) is 7.84. The maximum absolute atomic E-state index is 10.3. The molecule has 1 heterocycles. The Morgan fingerprint density at radius 2 is 1.68 bits per heavy atom. The van der Waals surface area contributed by atoms with Crippen LogP contribution in [-0.2, 0) is 6.54 Å². The zero-order valence-electron chi connectivity index (χ0n) is 16.0. The van der Waals surface area contributed by atoms with Crippen LogP contribution in [0.3, 0.4) is 0 Å². The summed E-state index contributed by atoms with van der Waals surface area (Å²) in [7, 11) is 0. The number of benzene rings is 1. The highest BCUT2D eigenvalue weighted by Gasteiger charge is 2.33. The van der Waals surface area contributed by atoms with Crippen molar-refractivity contribution in [3.8, 4) is 0 Å². The van der Waals surface area contributed by atoms with Crippen LogP contribution in [-0.4, -0.2) is 20.1 Å². The largest absolute Gasteiger partial charge is 0.508 e. The van der Waals surface area contributed by atoms with E-state index in [9.17, 15) is 5.11 Å². The smallest absolute Gasteiger partial charge is 0.116 e. The van der Waals surface area contributed by atoms with E-state index in [2.05, 4.69) is 50.9 Å². The van der Waals surface area contributed by atoms with E-state index < -0.39 is 0 Å². The third kappa shape index (κ3) is 4.12. The monoisotopic (exact) mass is 339 g/mol. The Bertz CT molecular complexity index is 788. The van der Waals surface area contributed by atoms with Gasteiger partial charge >= 0.3 is 0 Å². The fraction of sp³-hybridized carbons (Fsp3) is 0.524. The van der Waals surface area contributed by atoms with Crippen LogP contribution >= 0.6 is 0 Å². The molecule has 0 aliphatic heterocycles. The summed E-state index contributed by atoms with van der Waals surface area (Å²) in [6.07, 6.45) is 6.20. The van der Waals surface area contributed by atoms with Crippen molar-refractivity contribution >= 4 is 11.0 Å². The molecule has 1 aromatic heterocycles. The topological polar surface area (TPSA) is 50.9 Å². The lowest BCUT2D eigenvalue weighted by Crippen LogP contribution is -2.29. The molecule has 4 heteroatoms. The van der Waals surface area contributed by atoms with E-state index >= 15 is 0 Å². The zero-order valence-corrected chi connectivity index (χ0v) is 16.0. The molecule has 4 nitrogen and oxygen atoms in total. The van der Waals surface area contributed by atoms with Gasteiger partial charge in [-0.25, -0.2) is 0 Å². The second-order valence-corrected chi connectivity index (χ2v) is 9.07. The minimum atomic E-state index is 0.170. The van der Waals surface area contributed by atoms with Gasteiger partial charge in [-0.3, -0.25) is 0 Å². The predicted molar refractivity (Wildman–Crippen MR) is 102 cm³/mol.